The fourth-order valence-electron chi connectivity index (χ4n) is 4.17. The van der Waals surface area contributed by atoms with E-state index in [4.69, 9.17) is 19.9 Å². The molecule has 0 N–H and O–H groups in total. The molecule has 0 unspecified atom stereocenters. The minimum atomic E-state index is -0.177. The zero-order valence-electron chi connectivity index (χ0n) is 22.2. The van der Waals surface area contributed by atoms with E-state index in [9.17, 15) is 0 Å². The van der Waals surface area contributed by atoms with E-state index in [-0.39, 0.29) is 10.8 Å². The van der Waals surface area contributed by atoms with Crippen LogP contribution in [0.5, 0.6) is 0 Å². The Kier molecular flexibility index (Phi) is 5.79. The Bertz CT molecular complexity index is 1370. The Morgan fingerprint density at radius 1 is 0.765 bits per heavy atom. The molecule has 0 bridgehead atoms. The third kappa shape index (κ3) is 4.44. The van der Waals surface area contributed by atoms with Crippen LogP contribution in [0.15, 0.2) is 36.7 Å². The highest BCUT2D eigenvalue weighted by Gasteiger charge is 2.26. The van der Waals surface area contributed by atoms with Crippen LogP contribution in [-0.4, -0.2) is 19.9 Å². The molecule has 2 heterocycles. The molecule has 4 aromatic rings. The molecule has 0 amide bonds. The number of aromatic nitrogens is 5. The van der Waals surface area contributed by atoms with E-state index in [1.807, 2.05) is 6.33 Å². The second-order valence-electron chi connectivity index (χ2n) is 11.5. The maximum absolute atomic E-state index is 4.92. The number of benzene rings is 2. The van der Waals surface area contributed by atoms with Crippen molar-refractivity contribution >= 4 is 10.9 Å². The first-order valence-corrected chi connectivity index (χ1v) is 11.9. The van der Waals surface area contributed by atoms with Crippen LogP contribution < -0.4 is 4.57 Å². The average molecular weight is 455 g/mol. The lowest BCUT2D eigenvalue weighted by molar-refractivity contribution is -0.662. The molecule has 5 nitrogen and oxygen atoms in total. The summed E-state index contributed by atoms with van der Waals surface area (Å²) >= 11 is 0. The molecular formula is C29H36N5+. The molecule has 4 rings (SSSR count). The van der Waals surface area contributed by atoms with Crippen LogP contribution in [0.1, 0.15) is 69.9 Å². The van der Waals surface area contributed by atoms with Crippen molar-refractivity contribution in [2.75, 3.05) is 0 Å². The van der Waals surface area contributed by atoms with Gasteiger partial charge in [0.1, 0.15) is 17.3 Å². The zero-order chi connectivity index (χ0) is 25.0. The van der Waals surface area contributed by atoms with E-state index in [1.165, 1.54) is 22.3 Å². The molecule has 0 aliphatic carbocycles. The molecule has 0 radical (unpaired) electrons. The summed E-state index contributed by atoms with van der Waals surface area (Å²) in [5.74, 6) is 2.33. The normalized spacial score (nSPS) is 12.4. The summed E-state index contributed by atoms with van der Waals surface area (Å²) in [5, 5.41) is 1.09. The lowest BCUT2D eigenvalue weighted by Gasteiger charge is -2.22. The van der Waals surface area contributed by atoms with Gasteiger partial charge in [-0.05, 0) is 61.1 Å². The minimum Gasteiger partial charge on any atom is -0.232 e. The van der Waals surface area contributed by atoms with E-state index in [0.29, 0.717) is 5.82 Å². The second-order valence-corrected chi connectivity index (χ2v) is 11.5. The lowest BCUT2D eigenvalue weighted by Crippen LogP contribution is -2.32. The quantitative estimate of drug-likeness (QED) is 0.344. The van der Waals surface area contributed by atoms with Gasteiger partial charge in [-0.1, -0.05) is 53.2 Å². The van der Waals surface area contributed by atoms with Gasteiger partial charge in [-0.2, -0.15) is 0 Å². The Balaban J connectivity index is 2.02. The maximum Gasteiger partial charge on any atom is 0.287 e. The highest BCUT2D eigenvalue weighted by molar-refractivity contribution is 5.94. The van der Waals surface area contributed by atoms with Crippen LogP contribution >= 0.6 is 0 Å². The van der Waals surface area contributed by atoms with Crippen LogP contribution in [0, 0.1) is 20.8 Å². The zero-order valence-corrected chi connectivity index (χ0v) is 22.2. The Morgan fingerprint density at radius 3 is 1.97 bits per heavy atom. The van der Waals surface area contributed by atoms with E-state index in [0.717, 1.165) is 33.8 Å². The van der Waals surface area contributed by atoms with Gasteiger partial charge in [0.25, 0.3) is 6.33 Å². The summed E-state index contributed by atoms with van der Waals surface area (Å²) in [4.78, 5) is 19.4. The Hall–Kier alpha value is -3.21. The first kappa shape index (κ1) is 23.9. The molecule has 5 heteroatoms. The van der Waals surface area contributed by atoms with Gasteiger partial charge in [0.05, 0.1) is 12.4 Å². The number of hydrogen-bond donors (Lipinski definition) is 0. The monoisotopic (exact) mass is 454 g/mol. The van der Waals surface area contributed by atoms with Gasteiger partial charge in [0, 0.05) is 22.0 Å². The molecular weight excluding hydrogens is 418 g/mol. The van der Waals surface area contributed by atoms with Gasteiger partial charge in [0.15, 0.2) is 11.3 Å². The molecule has 34 heavy (non-hydrogen) atoms. The van der Waals surface area contributed by atoms with Gasteiger partial charge >= 0.3 is 0 Å². The molecule has 0 aliphatic heterocycles. The van der Waals surface area contributed by atoms with Crippen molar-refractivity contribution in [2.45, 2.75) is 73.1 Å². The number of nitrogens with zero attached hydrogens (tertiary/aromatic N) is 5. The SMILES string of the molecule is Cc1cc(C)c(C)c(-c2c3cc(-c4nc(C(C)(C)C)nc(C(C)(C)C)n4)ccc3nc[n+]2C)c1. The largest absolute Gasteiger partial charge is 0.287 e. The Labute approximate surface area is 203 Å². The van der Waals surface area contributed by atoms with Crippen molar-refractivity contribution in [3.8, 4) is 22.6 Å². The van der Waals surface area contributed by atoms with Gasteiger partial charge < -0.3 is 0 Å². The molecule has 0 saturated carbocycles. The van der Waals surface area contributed by atoms with Crippen molar-refractivity contribution in [1.82, 2.24) is 19.9 Å². The molecule has 0 spiro atoms. The van der Waals surface area contributed by atoms with Crippen molar-refractivity contribution in [3.05, 3.63) is 65.0 Å². The fourth-order valence-corrected chi connectivity index (χ4v) is 4.17. The predicted octanol–water partition coefficient (Wildman–Crippen LogP) is 6.10. The summed E-state index contributed by atoms with van der Waals surface area (Å²) in [6.45, 7) is 19.4. The third-order valence-corrected chi connectivity index (χ3v) is 6.28. The van der Waals surface area contributed by atoms with E-state index >= 15 is 0 Å². The highest BCUT2D eigenvalue weighted by Crippen LogP contribution is 2.33. The Morgan fingerprint density at radius 2 is 1.38 bits per heavy atom. The van der Waals surface area contributed by atoms with Gasteiger partial charge in [0.2, 0.25) is 0 Å². The number of hydrogen-bond acceptors (Lipinski definition) is 4. The average Bonchev–Trinajstić information content (AvgIpc) is 2.74. The smallest absolute Gasteiger partial charge is 0.232 e. The van der Waals surface area contributed by atoms with Crippen molar-refractivity contribution in [3.63, 3.8) is 0 Å². The summed E-state index contributed by atoms with van der Waals surface area (Å²) in [7, 11) is 2.06. The molecule has 176 valence electrons. The van der Waals surface area contributed by atoms with E-state index in [2.05, 4.69) is 104 Å². The molecule has 2 aromatic heterocycles. The van der Waals surface area contributed by atoms with E-state index in [1.54, 1.807) is 0 Å². The second kappa shape index (κ2) is 8.23. The molecule has 0 saturated heterocycles. The van der Waals surface area contributed by atoms with Crippen LogP contribution in [0.4, 0.5) is 0 Å². The summed E-state index contributed by atoms with van der Waals surface area (Å²) in [6, 6.07) is 10.8. The summed E-state index contributed by atoms with van der Waals surface area (Å²) in [5.41, 5.74) is 7.78. The van der Waals surface area contributed by atoms with Crippen LogP contribution in [0.25, 0.3) is 33.5 Å². The summed E-state index contributed by atoms with van der Waals surface area (Å²) < 4.78 is 2.11. The van der Waals surface area contributed by atoms with Crippen molar-refractivity contribution in [1.29, 1.82) is 0 Å². The first-order valence-electron chi connectivity index (χ1n) is 11.9. The van der Waals surface area contributed by atoms with E-state index < -0.39 is 0 Å². The predicted molar refractivity (Wildman–Crippen MR) is 139 cm³/mol. The molecule has 0 aliphatic rings. The standard InChI is InChI=1S/C29H36N5/c1-17-13-18(2)19(3)21(14-17)24-22-15-20(11-12-23(22)30-16-34(24)10)25-31-26(28(4,5)6)33-27(32-25)29(7,8)9/h11-16H,1-10H3/q+1. The number of rotatable bonds is 2. The van der Waals surface area contributed by atoms with Gasteiger partial charge in [-0.15, -0.1) is 0 Å². The van der Waals surface area contributed by atoms with Crippen LogP contribution in [0.3, 0.4) is 0 Å². The van der Waals surface area contributed by atoms with Crippen molar-refractivity contribution in [2.24, 2.45) is 7.05 Å². The third-order valence-electron chi connectivity index (χ3n) is 6.28. The summed E-state index contributed by atoms with van der Waals surface area (Å²) in [6.07, 6.45) is 1.90. The fraction of sp³-hybridized carbons (Fsp3) is 0.414. The molecule has 0 fully saturated rings. The minimum absolute atomic E-state index is 0.177. The number of fused-ring (bicyclic) bond motifs is 1. The highest BCUT2D eigenvalue weighted by atomic mass is 15.1. The first-order chi connectivity index (χ1) is 15.8. The molecule has 0 atom stereocenters. The van der Waals surface area contributed by atoms with Crippen molar-refractivity contribution < 1.29 is 4.57 Å². The topological polar surface area (TPSA) is 55.4 Å². The van der Waals surface area contributed by atoms with Gasteiger partial charge in [-0.3, -0.25) is 0 Å². The van der Waals surface area contributed by atoms with Crippen LogP contribution in [0.2, 0.25) is 0 Å². The molecule has 2 aromatic carbocycles. The lowest BCUT2D eigenvalue weighted by atomic mass is 9.92. The number of aryl methyl sites for hydroxylation is 3. The van der Waals surface area contributed by atoms with Crippen LogP contribution in [-0.2, 0) is 17.9 Å². The van der Waals surface area contributed by atoms with Gasteiger partial charge in [-0.25, -0.2) is 19.5 Å². The maximum atomic E-state index is 4.92.